The van der Waals surface area contributed by atoms with E-state index >= 15 is 0 Å². The van der Waals surface area contributed by atoms with E-state index in [1.807, 2.05) is 48.7 Å². The summed E-state index contributed by atoms with van der Waals surface area (Å²) in [6.45, 7) is 3.72. The standard InChI is InChI=1S/C21H20N4O2S2/c1-12-6-3-4-7-15(12)25-20(27)18-13(2)24-21(29-11-17(23)26)14(10-22)19(18)16-8-5-9-28-16/h3-9,19,24H,11H2,1-2H3,(H2,23,26)(H,25,27). The first-order valence-electron chi connectivity index (χ1n) is 8.86. The molecule has 8 heteroatoms. The van der Waals surface area contributed by atoms with Gasteiger partial charge in [-0.25, -0.2) is 0 Å². The molecule has 4 N–H and O–H groups in total. The van der Waals surface area contributed by atoms with Gasteiger partial charge in [0.25, 0.3) is 5.91 Å². The Hall–Kier alpha value is -3.02. The van der Waals surface area contributed by atoms with E-state index in [9.17, 15) is 14.9 Å². The van der Waals surface area contributed by atoms with Crippen LogP contribution >= 0.6 is 23.1 Å². The van der Waals surface area contributed by atoms with E-state index < -0.39 is 11.8 Å². The van der Waals surface area contributed by atoms with Crippen molar-refractivity contribution in [2.24, 2.45) is 5.73 Å². The van der Waals surface area contributed by atoms with Gasteiger partial charge in [-0.3, -0.25) is 9.59 Å². The SMILES string of the molecule is CC1=C(C(=O)Nc2ccccc2C)C(c2cccs2)C(C#N)=C(SCC(N)=O)N1. The van der Waals surface area contributed by atoms with Gasteiger partial charge in [0, 0.05) is 21.8 Å². The van der Waals surface area contributed by atoms with Gasteiger partial charge in [-0.1, -0.05) is 36.0 Å². The van der Waals surface area contributed by atoms with Crippen molar-refractivity contribution < 1.29 is 9.59 Å². The molecule has 2 amide bonds. The van der Waals surface area contributed by atoms with Gasteiger partial charge in [0.1, 0.15) is 0 Å². The third kappa shape index (κ3) is 4.53. The third-order valence-electron chi connectivity index (χ3n) is 4.47. The van der Waals surface area contributed by atoms with Crippen LogP contribution in [0.2, 0.25) is 0 Å². The molecule has 29 heavy (non-hydrogen) atoms. The number of hydrogen-bond donors (Lipinski definition) is 3. The molecular formula is C21H20N4O2S2. The lowest BCUT2D eigenvalue weighted by atomic mass is 9.86. The number of nitrogens with zero attached hydrogens (tertiary/aromatic N) is 1. The maximum atomic E-state index is 13.3. The van der Waals surface area contributed by atoms with Gasteiger partial charge >= 0.3 is 0 Å². The second kappa shape index (κ2) is 8.99. The number of hydrogen-bond acceptors (Lipinski definition) is 6. The van der Waals surface area contributed by atoms with Gasteiger partial charge in [0.2, 0.25) is 5.91 Å². The Morgan fingerprint density at radius 1 is 1.28 bits per heavy atom. The van der Waals surface area contributed by atoms with E-state index in [1.54, 1.807) is 6.92 Å². The number of nitrogens with one attached hydrogen (secondary N) is 2. The van der Waals surface area contributed by atoms with Crippen LogP contribution in [0.4, 0.5) is 5.69 Å². The fraction of sp³-hybridized carbons (Fsp3) is 0.190. The number of para-hydroxylation sites is 1. The summed E-state index contributed by atoms with van der Waals surface area (Å²) in [5, 5.41) is 18.4. The van der Waals surface area contributed by atoms with Gasteiger partial charge < -0.3 is 16.4 Å². The number of carbonyl (C=O) groups is 2. The molecule has 6 nitrogen and oxygen atoms in total. The Bertz CT molecular complexity index is 1050. The second-order valence-corrected chi connectivity index (χ2v) is 8.46. The molecule has 0 saturated carbocycles. The molecule has 0 aliphatic carbocycles. The van der Waals surface area contributed by atoms with Gasteiger partial charge in [0.15, 0.2) is 0 Å². The van der Waals surface area contributed by atoms with Crippen LogP contribution in [0.25, 0.3) is 0 Å². The molecule has 1 aromatic heterocycles. The zero-order valence-electron chi connectivity index (χ0n) is 16.0. The Morgan fingerprint density at radius 3 is 2.66 bits per heavy atom. The number of allylic oxidation sites excluding steroid dienone is 2. The molecular weight excluding hydrogens is 404 g/mol. The molecule has 0 bridgehead atoms. The van der Waals surface area contributed by atoms with Gasteiger partial charge in [0.05, 0.1) is 28.3 Å². The molecule has 0 spiro atoms. The van der Waals surface area contributed by atoms with Crippen molar-refractivity contribution >= 4 is 40.6 Å². The van der Waals surface area contributed by atoms with Crippen molar-refractivity contribution in [3.05, 3.63) is 74.1 Å². The molecule has 1 atom stereocenters. The lowest BCUT2D eigenvalue weighted by molar-refractivity contribution is -0.115. The quantitative estimate of drug-likeness (QED) is 0.656. The Balaban J connectivity index is 2.02. The lowest BCUT2D eigenvalue weighted by Crippen LogP contribution is -2.31. The highest BCUT2D eigenvalue weighted by molar-refractivity contribution is 8.03. The average Bonchev–Trinajstić information content (AvgIpc) is 3.21. The number of thioether (sulfide) groups is 1. The van der Waals surface area contributed by atoms with Crippen molar-refractivity contribution in [2.75, 3.05) is 11.1 Å². The maximum absolute atomic E-state index is 13.3. The molecule has 0 fully saturated rings. The van der Waals surface area contributed by atoms with E-state index in [0.717, 1.165) is 16.1 Å². The summed E-state index contributed by atoms with van der Waals surface area (Å²) in [4.78, 5) is 25.4. The number of nitrogens with two attached hydrogens (primary N) is 1. The number of dihydropyridines is 1. The number of anilines is 1. The molecule has 1 aliphatic rings. The Kier molecular flexibility index (Phi) is 6.42. The zero-order chi connectivity index (χ0) is 21.0. The summed E-state index contributed by atoms with van der Waals surface area (Å²) >= 11 is 2.65. The van der Waals surface area contributed by atoms with Crippen molar-refractivity contribution in [3.63, 3.8) is 0 Å². The highest BCUT2D eigenvalue weighted by Crippen LogP contribution is 2.42. The van der Waals surface area contributed by atoms with Gasteiger partial charge in [-0.2, -0.15) is 5.26 Å². The second-order valence-electron chi connectivity index (χ2n) is 6.49. The number of amides is 2. The first-order valence-corrected chi connectivity index (χ1v) is 10.7. The highest BCUT2D eigenvalue weighted by Gasteiger charge is 2.35. The van der Waals surface area contributed by atoms with Crippen molar-refractivity contribution in [2.45, 2.75) is 19.8 Å². The fourth-order valence-electron chi connectivity index (χ4n) is 3.11. The van der Waals surface area contributed by atoms with Crippen LogP contribution in [0.15, 0.2) is 63.7 Å². The summed E-state index contributed by atoms with van der Waals surface area (Å²) in [5.41, 5.74) is 8.46. The van der Waals surface area contributed by atoms with Crippen LogP contribution in [-0.2, 0) is 9.59 Å². The zero-order valence-corrected chi connectivity index (χ0v) is 17.6. The van der Waals surface area contributed by atoms with Crippen LogP contribution in [0, 0.1) is 18.3 Å². The Labute approximate surface area is 177 Å². The van der Waals surface area contributed by atoms with Crippen molar-refractivity contribution in [1.82, 2.24) is 5.32 Å². The van der Waals surface area contributed by atoms with Crippen molar-refractivity contribution in [1.29, 1.82) is 5.26 Å². The molecule has 0 saturated heterocycles. The molecule has 1 aromatic carbocycles. The first-order chi connectivity index (χ1) is 13.9. The molecule has 148 valence electrons. The smallest absolute Gasteiger partial charge is 0.254 e. The molecule has 2 aromatic rings. The fourth-order valence-corrected chi connectivity index (χ4v) is 4.79. The first kappa shape index (κ1) is 20.7. The number of carbonyl (C=O) groups excluding carboxylic acids is 2. The number of thiophene rings is 1. The monoisotopic (exact) mass is 424 g/mol. The normalized spacial score (nSPS) is 16.2. The lowest BCUT2D eigenvalue weighted by Gasteiger charge is -2.29. The summed E-state index contributed by atoms with van der Waals surface area (Å²) < 4.78 is 0. The third-order valence-corrected chi connectivity index (χ3v) is 6.45. The van der Waals surface area contributed by atoms with Crippen LogP contribution in [0.5, 0.6) is 0 Å². The maximum Gasteiger partial charge on any atom is 0.254 e. The molecule has 3 rings (SSSR count). The van der Waals surface area contributed by atoms with E-state index in [0.29, 0.717) is 21.9 Å². The number of benzene rings is 1. The summed E-state index contributed by atoms with van der Waals surface area (Å²) in [6.07, 6.45) is 0. The topological polar surface area (TPSA) is 108 Å². The van der Waals surface area contributed by atoms with Gasteiger partial charge in [-0.15, -0.1) is 11.3 Å². The number of nitriles is 1. The van der Waals surface area contributed by atoms with Crippen molar-refractivity contribution in [3.8, 4) is 6.07 Å². The largest absolute Gasteiger partial charge is 0.369 e. The summed E-state index contributed by atoms with van der Waals surface area (Å²) in [6, 6.07) is 13.6. The van der Waals surface area contributed by atoms with Crippen LogP contribution in [-0.4, -0.2) is 17.6 Å². The van der Waals surface area contributed by atoms with E-state index in [4.69, 9.17) is 5.73 Å². The summed E-state index contributed by atoms with van der Waals surface area (Å²) in [5.74, 6) is -1.21. The molecule has 1 aliphatic heterocycles. The van der Waals surface area contributed by atoms with E-state index in [1.165, 1.54) is 23.1 Å². The minimum absolute atomic E-state index is 0.0443. The van der Waals surface area contributed by atoms with Crippen LogP contribution in [0.3, 0.4) is 0 Å². The average molecular weight is 425 g/mol. The molecule has 0 radical (unpaired) electrons. The van der Waals surface area contributed by atoms with E-state index in [-0.39, 0.29) is 11.7 Å². The Morgan fingerprint density at radius 2 is 2.03 bits per heavy atom. The van der Waals surface area contributed by atoms with E-state index in [2.05, 4.69) is 16.7 Å². The minimum Gasteiger partial charge on any atom is -0.369 e. The summed E-state index contributed by atoms with van der Waals surface area (Å²) in [7, 11) is 0. The number of primary amides is 1. The number of aryl methyl sites for hydroxylation is 1. The molecule has 2 heterocycles. The van der Waals surface area contributed by atoms with Gasteiger partial charge in [-0.05, 0) is 36.9 Å². The predicted octanol–water partition coefficient (Wildman–Crippen LogP) is 3.61. The highest BCUT2D eigenvalue weighted by atomic mass is 32.2. The minimum atomic E-state index is -0.513. The van der Waals surface area contributed by atoms with Crippen LogP contribution in [0.1, 0.15) is 23.3 Å². The predicted molar refractivity (Wildman–Crippen MR) is 117 cm³/mol. The molecule has 1 unspecified atom stereocenters. The van der Waals surface area contributed by atoms with Crippen LogP contribution < -0.4 is 16.4 Å². The number of rotatable bonds is 6.